The van der Waals surface area contributed by atoms with Gasteiger partial charge in [0.1, 0.15) is 0 Å². The van der Waals surface area contributed by atoms with Gasteiger partial charge in [-0.1, -0.05) is 6.92 Å². The average Bonchev–Trinajstić information content (AvgIpc) is 2.79. The monoisotopic (exact) mass is 303 g/mol. The zero-order chi connectivity index (χ0) is 14.3. The van der Waals surface area contributed by atoms with E-state index in [2.05, 4.69) is 34.7 Å². The van der Waals surface area contributed by atoms with Crippen molar-refractivity contribution < 1.29 is 8.42 Å². The smallest absolute Gasteiger partial charge is 0.191 e. The predicted octanol–water partition coefficient (Wildman–Crippen LogP) is 1.16. The first-order valence-corrected chi connectivity index (χ1v) is 8.81. The predicted molar refractivity (Wildman–Crippen MR) is 81.6 cm³/mol. The molecule has 0 unspecified atom stereocenters. The van der Waals surface area contributed by atoms with Crippen LogP contribution in [0.1, 0.15) is 16.7 Å². The molecular weight excluding hydrogens is 282 g/mol. The number of rotatable bonds is 6. The zero-order valence-electron chi connectivity index (χ0n) is 11.6. The maximum Gasteiger partial charge on any atom is 0.191 e. The first-order chi connectivity index (χ1) is 8.96. The van der Waals surface area contributed by atoms with Gasteiger partial charge < -0.3 is 10.6 Å². The Morgan fingerprint density at radius 1 is 1.37 bits per heavy atom. The number of nitrogens with one attached hydrogen (secondary N) is 2. The Kier molecular flexibility index (Phi) is 6.30. The van der Waals surface area contributed by atoms with Gasteiger partial charge in [-0.3, -0.25) is 4.99 Å². The molecule has 0 amide bonds. The number of nitrogens with zero attached hydrogens (tertiary/aromatic N) is 1. The van der Waals surface area contributed by atoms with Crippen molar-refractivity contribution >= 4 is 27.1 Å². The molecule has 0 aliphatic rings. The summed E-state index contributed by atoms with van der Waals surface area (Å²) in [5.41, 5.74) is 0. The summed E-state index contributed by atoms with van der Waals surface area (Å²) in [6.45, 7) is 4.79. The van der Waals surface area contributed by atoms with Crippen molar-refractivity contribution in [1.29, 1.82) is 0 Å². The Balaban J connectivity index is 2.35. The lowest BCUT2D eigenvalue weighted by atomic mass is 10.4. The van der Waals surface area contributed by atoms with E-state index in [0.29, 0.717) is 19.0 Å². The van der Waals surface area contributed by atoms with Crippen LogP contribution in [-0.2, 0) is 16.4 Å². The van der Waals surface area contributed by atoms with E-state index in [1.54, 1.807) is 25.3 Å². The van der Waals surface area contributed by atoms with E-state index < -0.39 is 9.84 Å². The molecule has 108 valence electrons. The molecule has 0 saturated heterocycles. The third-order valence-electron chi connectivity index (χ3n) is 2.60. The number of aliphatic imine (C=N–C) groups is 1. The molecule has 1 aromatic heterocycles. The quantitative estimate of drug-likeness (QED) is 0.611. The van der Waals surface area contributed by atoms with Crippen LogP contribution in [-0.4, -0.2) is 39.5 Å². The molecule has 2 N–H and O–H groups in total. The summed E-state index contributed by atoms with van der Waals surface area (Å²) in [5.74, 6) is 0.926. The molecule has 1 heterocycles. The van der Waals surface area contributed by atoms with Gasteiger partial charge >= 0.3 is 0 Å². The van der Waals surface area contributed by atoms with Crippen LogP contribution in [0.2, 0.25) is 0 Å². The van der Waals surface area contributed by atoms with Crippen molar-refractivity contribution in [2.45, 2.75) is 20.4 Å². The molecule has 1 rings (SSSR count). The SMILES string of the molecule is CCS(=O)(=O)CCNC(=NC)NCc1ccc(C)s1. The molecule has 0 radical (unpaired) electrons. The van der Waals surface area contributed by atoms with Crippen LogP contribution in [0, 0.1) is 6.92 Å². The molecule has 0 aromatic carbocycles. The van der Waals surface area contributed by atoms with E-state index in [1.165, 1.54) is 9.75 Å². The van der Waals surface area contributed by atoms with Crippen molar-refractivity contribution in [3.05, 3.63) is 21.9 Å². The highest BCUT2D eigenvalue weighted by Gasteiger charge is 2.07. The Morgan fingerprint density at radius 2 is 2.11 bits per heavy atom. The van der Waals surface area contributed by atoms with E-state index in [4.69, 9.17) is 0 Å². The molecule has 7 heteroatoms. The number of guanidine groups is 1. The average molecular weight is 303 g/mol. The van der Waals surface area contributed by atoms with Crippen LogP contribution in [0.15, 0.2) is 17.1 Å². The minimum atomic E-state index is -2.93. The first-order valence-electron chi connectivity index (χ1n) is 6.17. The van der Waals surface area contributed by atoms with Gasteiger partial charge in [0, 0.05) is 29.1 Å². The minimum absolute atomic E-state index is 0.127. The number of hydrogen-bond donors (Lipinski definition) is 2. The minimum Gasteiger partial charge on any atom is -0.355 e. The van der Waals surface area contributed by atoms with Crippen LogP contribution < -0.4 is 10.6 Å². The van der Waals surface area contributed by atoms with Gasteiger partial charge in [-0.05, 0) is 19.1 Å². The van der Waals surface area contributed by atoms with E-state index in [0.717, 1.165) is 0 Å². The molecule has 0 saturated carbocycles. The van der Waals surface area contributed by atoms with Gasteiger partial charge in [0.2, 0.25) is 0 Å². The third kappa shape index (κ3) is 6.07. The molecule has 0 aliphatic carbocycles. The largest absolute Gasteiger partial charge is 0.355 e. The maximum atomic E-state index is 11.4. The summed E-state index contributed by atoms with van der Waals surface area (Å²) >= 11 is 1.73. The molecule has 1 aromatic rings. The van der Waals surface area contributed by atoms with Crippen LogP contribution in [0.4, 0.5) is 0 Å². The third-order valence-corrected chi connectivity index (χ3v) is 5.30. The molecule has 0 fully saturated rings. The van der Waals surface area contributed by atoms with E-state index in [-0.39, 0.29) is 11.5 Å². The molecule has 5 nitrogen and oxygen atoms in total. The number of hydrogen-bond acceptors (Lipinski definition) is 4. The summed E-state index contributed by atoms with van der Waals surface area (Å²) < 4.78 is 22.7. The highest BCUT2D eigenvalue weighted by atomic mass is 32.2. The van der Waals surface area contributed by atoms with Gasteiger partial charge in [-0.15, -0.1) is 11.3 Å². The summed E-state index contributed by atoms with van der Waals surface area (Å²) in [6.07, 6.45) is 0. The second-order valence-electron chi connectivity index (χ2n) is 4.10. The second kappa shape index (κ2) is 7.49. The van der Waals surface area contributed by atoms with Crippen LogP contribution in [0.3, 0.4) is 0 Å². The van der Waals surface area contributed by atoms with Gasteiger partial charge in [-0.2, -0.15) is 0 Å². The molecule has 0 aliphatic heterocycles. The lowest BCUT2D eigenvalue weighted by Gasteiger charge is -2.10. The number of aryl methyl sites for hydroxylation is 1. The van der Waals surface area contributed by atoms with Crippen LogP contribution >= 0.6 is 11.3 Å². The van der Waals surface area contributed by atoms with Crippen molar-refractivity contribution in [2.75, 3.05) is 25.1 Å². The standard InChI is InChI=1S/C12H21N3O2S2/c1-4-19(16,17)8-7-14-12(13-3)15-9-11-6-5-10(2)18-11/h5-6H,4,7-9H2,1-3H3,(H2,13,14,15). The Hall–Kier alpha value is -1.08. The molecule has 19 heavy (non-hydrogen) atoms. The van der Waals surface area contributed by atoms with Gasteiger partial charge in [0.15, 0.2) is 15.8 Å². The number of sulfone groups is 1. The van der Waals surface area contributed by atoms with Gasteiger partial charge in [0.05, 0.1) is 12.3 Å². The fourth-order valence-corrected chi connectivity index (χ4v) is 2.97. The second-order valence-corrected chi connectivity index (χ2v) is 7.95. The zero-order valence-corrected chi connectivity index (χ0v) is 13.2. The van der Waals surface area contributed by atoms with Crippen molar-refractivity contribution in [3.63, 3.8) is 0 Å². The van der Waals surface area contributed by atoms with Crippen LogP contribution in [0.5, 0.6) is 0 Å². The van der Waals surface area contributed by atoms with Crippen LogP contribution in [0.25, 0.3) is 0 Å². The Labute approximate surface area is 119 Å². The molecular formula is C12H21N3O2S2. The molecule has 0 bridgehead atoms. The Bertz CT molecular complexity index is 521. The summed E-state index contributed by atoms with van der Waals surface area (Å²) in [6, 6.07) is 4.15. The number of thiophene rings is 1. The first kappa shape index (κ1) is 16.0. The Morgan fingerprint density at radius 3 is 2.63 bits per heavy atom. The fourth-order valence-electron chi connectivity index (χ4n) is 1.44. The lowest BCUT2D eigenvalue weighted by molar-refractivity contribution is 0.595. The van der Waals surface area contributed by atoms with E-state index >= 15 is 0 Å². The van der Waals surface area contributed by atoms with Crippen molar-refractivity contribution in [1.82, 2.24) is 10.6 Å². The summed E-state index contributed by atoms with van der Waals surface area (Å²) in [7, 11) is -1.26. The highest BCUT2D eigenvalue weighted by molar-refractivity contribution is 7.91. The normalized spacial score (nSPS) is 12.5. The van der Waals surface area contributed by atoms with E-state index in [1.807, 2.05) is 0 Å². The van der Waals surface area contributed by atoms with E-state index in [9.17, 15) is 8.42 Å². The summed E-state index contributed by atoms with van der Waals surface area (Å²) in [4.78, 5) is 6.56. The van der Waals surface area contributed by atoms with Gasteiger partial charge in [-0.25, -0.2) is 8.42 Å². The molecule has 0 spiro atoms. The highest BCUT2D eigenvalue weighted by Crippen LogP contribution is 2.14. The maximum absolute atomic E-state index is 11.4. The van der Waals surface area contributed by atoms with Crippen molar-refractivity contribution in [3.8, 4) is 0 Å². The summed E-state index contributed by atoms with van der Waals surface area (Å²) in [5, 5.41) is 6.16. The lowest BCUT2D eigenvalue weighted by Crippen LogP contribution is -2.39. The van der Waals surface area contributed by atoms with Gasteiger partial charge in [0.25, 0.3) is 0 Å². The molecule has 0 atom stereocenters. The topological polar surface area (TPSA) is 70.6 Å². The fraction of sp³-hybridized carbons (Fsp3) is 0.583. The van der Waals surface area contributed by atoms with Crippen molar-refractivity contribution in [2.24, 2.45) is 4.99 Å².